The van der Waals surface area contributed by atoms with Crippen molar-refractivity contribution >= 4 is 23.6 Å². The number of aromatic amines is 1. The average Bonchev–Trinajstić information content (AvgIpc) is 3.56. The number of ether oxygens (including phenoxy) is 1. The molecule has 0 saturated heterocycles. The Morgan fingerprint density at radius 2 is 2.14 bits per heavy atom. The van der Waals surface area contributed by atoms with Gasteiger partial charge in [0.15, 0.2) is 5.82 Å². The van der Waals surface area contributed by atoms with Crippen LogP contribution in [0.5, 0.6) is 0 Å². The number of carbonyl (C=O) groups excluding carboxylic acids is 1. The van der Waals surface area contributed by atoms with Gasteiger partial charge in [-0.15, -0.1) is 0 Å². The SMILES string of the molecule is Cc1cc(C2=CC3NC=CN3C(=Nc3cc([C@H]4CC[C@@H](OC(=O)NC(C)C)[C@H]4F)[nH]n3)N2)ccc1F. The molecule has 1 aliphatic carbocycles. The van der Waals surface area contributed by atoms with Crippen molar-refractivity contribution in [2.24, 2.45) is 4.99 Å². The van der Waals surface area contributed by atoms with E-state index in [1.54, 1.807) is 25.1 Å². The summed E-state index contributed by atoms with van der Waals surface area (Å²) in [6.07, 6.45) is 3.69. The summed E-state index contributed by atoms with van der Waals surface area (Å²) < 4.78 is 34.2. The molecular formula is C25H29F2N7O2. The van der Waals surface area contributed by atoms with E-state index in [0.29, 0.717) is 35.9 Å². The summed E-state index contributed by atoms with van der Waals surface area (Å²) in [7, 11) is 0. The monoisotopic (exact) mass is 497 g/mol. The van der Waals surface area contributed by atoms with Crippen molar-refractivity contribution in [3.63, 3.8) is 0 Å². The average molecular weight is 498 g/mol. The van der Waals surface area contributed by atoms with Gasteiger partial charge in [0.2, 0.25) is 5.96 Å². The summed E-state index contributed by atoms with van der Waals surface area (Å²) in [6.45, 7) is 5.35. The number of amides is 1. The number of alkyl carbamates (subject to hydrolysis) is 1. The van der Waals surface area contributed by atoms with Crippen LogP contribution in [-0.2, 0) is 4.74 Å². The molecule has 36 heavy (non-hydrogen) atoms. The van der Waals surface area contributed by atoms with Crippen molar-refractivity contribution in [2.45, 2.75) is 64.0 Å². The number of hydrogen-bond donors (Lipinski definition) is 4. The molecule has 4 N–H and O–H groups in total. The van der Waals surface area contributed by atoms with Crippen molar-refractivity contribution in [1.29, 1.82) is 0 Å². The number of fused-ring (bicyclic) bond motifs is 1. The molecule has 1 fully saturated rings. The number of rotatable bonds is 5. The van der Waals surface area contributed by atoms with Crippen LogP contribution in [0.15, 0.2) is 47.7 Å². The molecule has 0 spiro atoms. The molecule has 5 rings (SSSR count). The number of halogens is 2. The van der Waals surface area contributed by atoms with E-state index >= 15 is 4.39 Å². The van der Waals surface area contributed by atoms with Gasteiger partial charge in [0.05, 0.1) is 0 Å². The van der Waals surface area contributed by atoms with E-state index in [1.807, 2.05) is 37.2 Å². The van der Waals surface area contributed by atoms with Crippen LogP contribution in [0.1, 0.15) is 49.4 Å². The highest BCUT2D eigenvalue weighted by Crippen LogP contribution is 2.38. The highest BCUT2D eigenvalue weighted by Gasteiger charge is 2.41. The highest BCUT2D eigenvalue weighted by molar-refractivity contribution is 5.94. The maximum atomic E-state index is 15.1. The maximum Gasteiger partial charge on any atom is 0.407 e. The van der Waals surface area contributed by atoms with E-state index in [1.165, 1.54) is 6.07 Å². The van der Waals surface area contributed by atoms with Gasteiger partial charge >= 0.3 is 6.09 Å². The molecule has 11 heteroatoms. The lowest BCUT2D eigenvalue weighted by molar-refractivity contribution is 0.0555. The first-order valence-corrected chi connectivity index (χ1v) is 12.0. The lowest BCUT2D eigenvalue weighted by atomic mass is 10.0. The molecule has 0 radical (unpaired) electrons. The Hall–Kier alpha value is -3.89. The third kappa shape index (κ3) is 4.77. The van der Waals surface area contributed by atoms with Gasteiger partial charge in [-0.2, -0.15) is 10.1 Å². The predicted octanol–water partition coefficient (Wildman–Crippen LogP) is 3.91. The number of carbonyl (C=O) groups is 1. The van der Waals surface area contributed by atoms with Gasteiger partial charge in [0.1, 0.15) is 24.3 Å². The minimum atomic E-state index is -1.34. The fourth-order valence-corrected chi connectivity index (χ4v) is 4.64. The molecule has 3 heterocycles. The standard InChI is InChI=1S/C25H29F2N7O2/c1-13(2)29-25(35)36-20-7-5-16(23(20)27)19-11-21(33-32-19)31-24-30-18(12-22-28-8-9-34(22)24)15-4-6-17(26)14(3)10-15/h4,6,8-13,16,20,22-23,28H,5,7H2,1-3H3,(H,29,35)(H2,30,31,32,33)/t16-,20-,22?,23+/m1/s1. The summed E-state index contributed by atoms with van der Waals surface area (Å²) >= 11 is 0. The van der Waals surface area contributed by atoms with Crippen molar-refractivity contribution in [2.75, 3.05) is 0 Å². The number of alkyl halides is 1. The number of aliphatic imine (C=N–C) groups is 1. The van der Waals surface area contributed by atoms with E-state index in [4.69, 9.17) is 4.74 Å². The Morgan fingerprint density at radius 3 is 2.92 bits per heavy atom. The molecule has 3 aliphatic rings. The maximum absolute atomic E-state index is 15.1. The zero-order valence-corrected chi connectivity index (χ0v) is 20.3. The number of aryl methyl sites for hydroxylation is 1. The Morgan fingerprint density at radius 1 is 1.31 bits per heavy atom. The molecule has 2 aromatic rings. The second-order valence-corrected chi connectivity index (χ2v) is 9.49. The van der Waals surface area contributed by atoms with Crippen molar-refractivity contribution < 1.29 is 18.3 Å². The second kappa shape index (κ2) is 9.63. The number of aromatic nitrogens is 2. The van der Waals surface area contributed by atoms with Gasteiger partial charge in [0, 0.05) is 41.8 Å². The Balaban J connectivity index is 1.32. The quantitative estimate of drug-likeness (QED) is 0.499. The van der Waals surface area contributed by atoms with E-state index in [9.17, 15) is 9.18 Å². The Kier molecular flexibility index (Phi) is 6.38. The molecule has 1 amide bonds. The van der Waals surface area contributed by atoms with Gasteiger partial charge in [-0.05, 0) is 69.0 Å². The smallest absolute Gasteiger partial charge is 0.407 e. The highest BCUT2D eigenvalue weighted by atomic mass is 19.1. The number of benzene rings is 1. The van der Waals surface area contributed by atoms with Gasteiger partial charge in [0.25, 0.3) is 0 Å². The summed E-state index contributed by atoms with van der Waals surface area (Å²) in [5.41, 5.74) is 2.76. The Labute approximate surface area is 207 Å². The molecule has 1 saturated carbocycles. The van der Waals surface area contributed by atoms with Crippen LogP contribution in [0.3, 0.4) is 0 Å². The number of hydrogen-bond acceptors (Lipinski definition) is 5. The van der Waals surface area contributed by atoms with Crippen LogP contribution in [0.25, 0.3) is 5.70 Å². The van der Waals surface area contributed by atoms with Gasteiger partial charge < -0.3 is 20.7 Å². The van der Waals surface area contributed by atoms with Crippen LogP contribution < -0.4 is 16.0 Å². The number of guanidine groups is 1. The zero-order valence-electron chi connectivity index (χ0n) is 20.3. The number of nitrogens with zero attached hydrogens (tertiary/aromatic N) is 3. The molecule has 1 aromatic heterocycles. The number of H-pyrrole nitrogens is 1. The minimum Gasteiger partial charge on any atom is -0.443 e. The first kappa shape index (κ1) is 23.8. The lowest BCUT2D eigenvalue weighted by Gasteiger charge is -2.31. The first-order valence-electron chi connectivity index (χ1n) is 12.0. The van der Waals surface area contributed by atoms with E-state index in [2.05, 4.69) is 31.1 Å². The van der Waals surface area contributed by atoms with Gasteiger partial charge in [-0.3, -0.25) is 10.00 Å². The zero-order chi connectivity index (χ0) is 25.4. The Bertz CT molecular complexity index is 1240. The summed E-state index contributed by atoms with van der Waals surface area (Å²) in [6, 6.07) is 6.56. The fraction of sp³-hybridized carbons (Fsp3) is 0.400. The molecule has 4 atom stereocenters. The molecular weight excluding hydrogens is 468 g/mol. The van der Waals surface area contributed by atoms with E-state index < -0.39 is 24.3 Å². The summed E-state index contributed by atoms with van der Waals surface area (Å²) in [5.74, 6) is 0.175. The third-order valence-electron chi connectivity index (χ3n) is 6.46. The normalized spacial score (nSPS) is 26.0. The van der Waals surface area contributed by atoms with Crippen LogP contribution >= 0.6 is 0 Å². The van der Waals surface area contributed by atoms with Gasteiger partial charge in [-0.25, -0.2) is 13.6 Å². The summed E-state index contributed by atoms with van der Waals surface area (Å²) in [5, 5.41) is 16.3. The summed E-state index contributed by atoms with van der Waals surface area (Å²) in [4.78, 5) is 18.5. The topological polar surface area (TPSA) is 107 Å². The van der Waals surface area contributed by atoms with Crippen molar-refractivity contribution in [1.82, 2.24) is 31.0 Å². The third-order valence-corrected chi connectivity index (χ3v) is 6.46. The fourth-order valence-electron chi connectivity index (χ4n) is 4.64. The minimum absolute atomic E-state index is 0.0851. The van der Waals surface area contributed by atoms with Gasteiger partial charge in [-0.1, -0.05) is 0 Å². The number of nitrogens with one attached hydrogen (secondary N) is 4. The van der Waals surface area contributed by atoms with Crippen LogP contribution in [-0.4, -0.2) is 51.6 Å². The molecule has 0 bridgehead atoms. The van der Waals surface area contributed by atoms with E-state index in [-0.39, 0.29) is 18.0 Å². The van der Waals surface area contributed by atoms with Crippen molar-refractivity contribution in [3.05, 3.63) is 65.4 Å². The molecule has 190 valence electrons. The second-order valence-electron chi connectivity index (χ2n) is 9.49. The van der Waals surface area contributed by atoms with Crippen LogP contribution in [0, 0.1) is 12.7 Å². The molecule has 1 aromatic carbocycles. The van der Waals surface area contributed by atoms with Crippen LogP contribution in [0.4, 0.5) is 19.4 Å². The lowest BCUT2D eigenvalue weighted by Crippen LogP contribution is -2.48. The molecule has 9 nitrogen and oxygen atoms in total. The molecule has 1 unspecified atom stereocenters. The largest absolute Gasteiger partial charge is 0.443 e. The van der Waals surface area contributed by atoms with E-state index in [0.717, 1.165) is 11.3 Å². The van der Waals surface area contributed by atoms with Crippen LogP contribution in [0.2, 0.25) is 0 Å². The predicted molar refractivity (Wildman–Crippen MR) is 131 cm³/mol. The molecule has 2 aliphatic heterocycles. The first-order chi connectivity index (χ1) is 17.3. The van der Waals surface area contributed by atoms with Crippen molar-refractivity contribution in [3.8, 4) is 0 Å².